The number of nitrogens with zero attached hydrogens (tertiary/aromatic N) is 1. The zero-order chi connectivity index (χ0) is 37.7. The van der Waals surface area contributed by atoms with Crippen LogP contribution in [-0.2, 0) is 35.0 Å². The Balaban J connectivity index is 1.47. The van der Waals surface area contributed by atoms with Gasteiger partial charge in [-0.25, -0.2) is 14.4 Å². The number of carbonyl (C=O) groups excluding carboxylic acids is 3. The lowest BCUT2D eigenvalue weighted by Gasteiger charge is -2.45. The molecule has 0 aromatic heterocycles. The van der Waals surface area contributed by atoms with E-state index in [2.05, 4.69) is 0 Å². The summed E-state index contributed by atoms with van der Waals surface area (Å²) in [5, 5.41) is 12.2. The molecule has 0 N–H and O–H groups in total. The van der Waals surface area contributed by atoms with E-state index in [-0.39, 0.29) is 39.4 Å². The molecule has 0 unspecified atom stereocenters. The minimum atomic E-state index is -1.51. The summed E-state index contributed by atoms with van der Waals surface area (Å²) >= 11 is 0. The second kappa shape index (κ2) is 15.8. The van der Waals surface area contributed by atoms with Crippen LogP contribution >= 0.6 is 0 Å². The van der Waals surface area contributed by atoms with Gasteiger partial charge in [0.2, 0.25) is 0 Å². The number of hydrogen-bond acceptors (Lipinski definition) is 13. The summed E-state index contributed by atoms with van der Waals surface area (Å²) in [6.45, 7) is 2.78. The zero-order valence-corrected chi connectivity index (χ0v) is 29.2. The number of nitro benzene ring substituents is 1. The van der Waals surface area contributed by atoms with E-state index in [4.69, 9.17) is 37.9 Å². The van der Waals surface area contributed by atoms with Crippen LogP contribution in [0.2, 0.25) is 0 Å². The van der Waals surface area contributed by atoms with Gasteiger partial charge < -0.3 is 37.9 Å². The number of carbonyl (C=O) groups is 3. The molecular formula is C39H37NO13. The molecule has 2 fully saturated rings. The van der Waals surface area contributed by atoms with E-state index in [1.165, 1.54) is 38.5 Å². The van der Waals surface area contributed by atoms with Crippen molar-refractivity contribution in [3.8, 4) is 11.5 Å². The Morgan fingerprint density at radius 1 is 0.642 bits per heavy atom. The molecule has 4 aromatic carbocycles. The van der Waals surface area contributed by atoms with Gasteiger partial charge in [0.1, 0.15) is 18.3 Å². The number of methoxy groups -OCH3 is 2. The van der Waals surface area contributed by atoms with E-state index in [0.717, 1.165) is 0 Å². The van der Waals surface area contributed by atoms with Crippen LogP contribution in [0, 0.1) is 10.1 Å². The van der Waals surface area contributed by atoms with Crippen LogP contribution in [0.5, 0.6) is 11.5 Å². The second-order valence-corrected chi connectivity index (χ2v) is 12.6. The first-order valence-corrected chi connectivity index (χ1v) is 16.6. The van der Waals surface area contributed by atoms with E-state index >= 15 is 0 Å². The zero-order valence-electron chi connectivity index (χ0n) is 29.2. The summed E-state index contributed by atoms with van der Waals surface area (Å²) in [6, 6.07) is 27.0. The van der Waals surface area contributed by atoms with Crippen molar-refractivity contribution in [3.63, 3.8) is 0 Å². The van der Waals surface area contributed by atoms with Crippen LogP contribution in [-0.4, -0.2) is 79.5 Å². The van der Waals surface area contributed by atoms with Crippen molar-refractivity contribution in [2.75, 3.05) is 14.2 Å². The monoisotopic (exact) mass is 727 g/mol. The minimum absolute atomic E-state index is 0.0535. The molecule has 0 bridgehead atoms. The van der Waals surface area contributed by atoms with Gasteiger partial charge in [-0.3, -0.25) is 10.1 Å². The number of hydrogen-bond donors (Lipinski definition) is 0. The highest BCUT2D eigenvalue weighted by atomic mass is 16.8. The molecule has 1 heterocycles. The molecule has 0 radical (unpaired) electrons. The SMILES string of the molecule is COc1cc(CO[C@@H]2[C@@H](OC(=O)c3ccccc3)[C@H]3OC(C)(C)O[C@H]3[C@H](OC(=O)c3ccccc3)[C@H]2OC(=O)c2ccccc2)c([N+](=O)[O-])cc1OC. The fraction of sp³-hybridized carbons (Fsp3) is 0.308. The second-order valence-electron chi connectivity index (χ2n) is 12.6. The van der Waals surface area contributed by atoms with Gasteiger partial charge >= 0.3 is 17.9 Å². The van der Waals surface area contributed by atoms with Crippen molar-refractivity contribution in [2.24, 2.45) is 0 Å². The first-order valence-electron chi connectivity index (χ1n) is 16.6. The predicted octanol–water partition coefficient (Wildman–Crippen LogP) is 5.71. The topological polar surface area (TPSA) is 168 Å². The van der Waals surface area contributed by atoms with Crippen LogP contribution < -0.4 is 9.47 Å². The fourth-order valence-corrected chi connectivity index (χ4v) is 6.34. The maximum Gasteiger partial charge on any atom is 0.338 e. The molecule has 4 aromatic rings. The third kappa shape index (κ3) is 8.14. The quantitative estimate of drug-likeness (QED) is 0.0754. The molecule has 14 heteroatoms. The Hall–Kier alpha value is -5.83. The van der Waals surface area contributed by atoms with Gasteiger partial charge in [-0.15, -0.1) is 0 Å². The Morgan fingerprint density at radius 3 is 1.45 bits per heavy atom. The van der Waals surface area contributed by atoms with E-state index < -0.39 is 71.8 Å². The predicted molar refractivity (Wildman–Crippen MR) is 186 cm³/mol. The molecule has 14 nitrogen and oxygen atoms in total. The molecule has 1 aliphatic carbocycles. The highest BCUT2D eigenvalue weighted by Crippen LogP contribution is 2.43. The summed E-state index contributed by atoms with van der Waals surface area (Å²) in [5.74, 6) is -3.34. The van der Waals surface area contributed by atoms with E-state index in [9.17, 15) is 24.5 Å². The maximum atomic E-state index is 13.8. The van der Waals surface area contributed by atoms with Gasteiger partial charge in [-0.1, -0.05) is 54.6 Å². The number of esters is 3. The lowest BCUT2D eigenvalue weighted by molar-refractivity contribution is -0.386. The van der Waals surface area contributed by atoms with Gasteiger partial charge in [0.25, 0.3) is 5.69 Å². The lowest BCUT2D eigenvalue weighted by Crippen LogP contribution is -2.66. The third-order valence-corrected chi connectivity index (χ3v) is 8.75. The molecule has 1 saturated heterocycles. The largest absolute Gasteiger partial charge is 0.493 e. The first kappa shape index (κ1) is 36.9. The summed E-state index contributed by atoms with van der Waals surface area (Å²) in [5.41, 5.74) is 0.260. The number of nitro groups is 1. The highest BCUT2D eigenvalue weighted by Gasteiger charge is 2.63. The van der Waals surface area contributed by atoms with Crippen molar-refractivity contribution in [3.05, 3.63) is 135 Å². The van der Waals surface area contributed by atoms with E-state index in [1.54, 1.807) is 92.7 Å². The Labute approximate surface area is 304 Å². The Morgan fingerprint density at radius 2 is 1.04 bits per heavy atom. The average Bonchev–Trinajstić information content (AvgIpc) is 3.51. The Kier molecular flexibility index (Phi) is 11.0. The van der Waals surface area contributed by atoms with E-state index in [1.807, 2.05) is 0 Å². The maximum absolute atomic E-state index is 13.8. The van der Waals surface area contributed by atoms with Crippen LogP contribution in [0.15, 0.2) is 103 Å². The Bertz CT molecular complexity index is 1940. The van der Waals surface area contributed by atoms with Crippen molar-refractivity contribution in [1.29, 1.82) is 0 Å². The average molecular weight is 728 g/mol. The summed E-state index contributed by atoms with van der Waals surface area (Å²) in [6.07, 6.45) is -8.00. The van der Waals surface area contributed by atoms with E-state index in [0.29, 0.717) is 0 Å². The number of rotatable bonds is 12. The standard InChI is InChI=1S/C39H37NO13/c1-39(2)52-34-32(50-37(42)24-16-10-6-11-17-24)30(48-22-26-20-28(46-3)29(47-4)21-27(26)40(44)45)31(49-36(41)23-14-8-5-9-15-23)33(35(34)53-39)51-38(43)25-18-12-7-13-19-25/h5-21,30-35H,22H2,1-4H3/t30-,31-,32+,33+,34+,35-/m0/s1. The summed E-state index contributed by atoms with van der Waals surface area (Å²) < 4.78 is 48.1. The molecule has 6 atom stereocenters. The minimum Gasteiger partial charge on any atom is -0.493 e. The van der Waals surface area contributed by atoms with Gasteiger partial charge in [0, 0.05) is 0 Å². The normalized spacial score (nSPS) is 22.9. The summed E-state index contributed by atoms with van der Waals surface area (Å²) in [7, 11) is 2.72. The van der Waals surface area contributed by atoms with Crippen LogP contribution in [0.4, 0.5) is 5.69 Å². The molecule has 2 aliphatic rings. The van der Waals surface area contributed by atoms with Crippen LogP contribution in [0.3, 0.4) is 0 Å². The molecular weight excluding hydrogens is 690 g/mol. The van der Waals surface area contributed by atoms with Gasteiger partial charge in [0.05, 0.1) is 54.1 Å². The molecule has 0 amide bonds. The van der Waals surface area contributed by atoms with Crippen molar-refractivity contribution in [1.82, 2.24) is 0 Å². The molecule has 276 valence electrons. The molecule has 53 heavy (non-hydrogen) atoms. The fourth-order valence-electron chi connectivity index (χ4n) is 6.34. The number of fused-ring (bicyclic) bond motifs is 1. The molecule has 1 saturated carbocycles. The smallest absolute Gasteiger partial charge is 0.338 e. The van der Waals surface area contributed by atoms with Crippen LogP contribution in [0.1, 0.15) is 50.5 Å². The van der Waals surface area contributed by atoms with Gasteiger partial charge in [-0.05, 0) is 56.3 Å². The van der Waals surface area contributed by atoms with Crippen molar-refractivity contribution in [2.45, 2.75) is 62.9 Å². The molecule has 6 rings (SSSR count). The van der Waals surface area contributed by atoms with Crippen LogP contribution in [0.25, 0.3) is 0 Å². The molecule has 0 spiro atoms. The lowest BCUT2D eigenvalue weighted by atomic mass is 9.84. The number of ether oxygens (including phenoxy) is 8. The van der Waals surface area contributed by atoms with Gasteiger partial charge in [0.15, 0.2) is 35.6 Å². The van der Waals surface area contributed by atoms with Crippen molar-refractivity contribution < 1.29 is 57.2 Å². The van der Waals surface area contributed by atoms with Crippen molar-refractivity contribution >= 4 is 23.6 Å². The summed E-state index contributed by atoms with van der Waals surface area (Å²) in [4.78, 5) is 52.7. The first-order chi connectivity index (χ1) is 25.5. The number of benzene rings is 4. The molecule has 1 aliphatic heterocycles. The third-order valence-electron chi connectivity index (χ3n) is 8.75. The highest BCUT2D eigenvalue weighted by molar-refractivity contribution is 5.91. The van der Waals surface area contributed by atoms with Gasteiger partial charge in [-0.2, -0.15) is 0 Å².